The van der Waals surface area contributed by atoms with Crippen LogP contribution in [0.4, 0.5) is 0 Å². The van der Waals surface area contributed by atoms with Crippen LogP contribution in [0.5, 0.6) is 0 Å². The minimum absolute atomic E-state index is 0.0993. The first-order valence-corrected chi connectivity index (χ1v) is 10.0. The molecule has 0 radical (unpaired) electrons. The Bertz CT molecular complexity index is 284. The third-order valence-electron chi connectivity index (χ3n) is 4.46. The molecule has 2 nitrogen and oxygen atoms in total. The van der Waals surface area contributed by atoms with E-state index in [1.807, 2.05) is 0 Å². The second-order valence-electron chi connectivity index (χ2n) is 6.85. The lowest BCUT2D eigenvalue weighted by molar-refractivity contribution is -0.125. The van der Waals surface area contributed by atoms with Crippen molar-refractivity contribution in [2.75, 3.05) is 0 Å². The van der Waals surface area contributed by atoms with Crippen molar-refractivity contribution >= 4 is 5.78 Å². The summed E-state index contributed by atoms with van der Waals surface area (Å²) in [5.74, 6) is -0.0993. The van der Waals surface area contributed by atoms with Gasteiger partial charge in [-0.2, -0.15) is 0 Å². The summed E-state index contributed by atoms with van der Waals surface area (Å²) in [5, 5.41) is 9.38. The Labute approximate surface area is 144 Å². The molecule has 2 heteroatoms. The van der Waals surface area contributed by atoms with E-state index in [1.165, 1.54) is 84.0 Å². The molecule has 0 aromatic carbocycles. The molecule has 0 aliphatic rings. The van der Waals surface area contributed by atoms with Crippen LogP contribution in [0.15, 0.2) is 12.2 Å². The minimum atomic E-state index is -0.730. The van der Waals surface area contributed by atoms with Gasteiger partial charge in [0, 0.05) is 0 Å². The average molecular weight is 325 g/mol. The molecule has 0 spiro atoms. The number of hydrogen-bond acceptors (Lipinski definition) is 2. The number of Topliss-reactive ketones (excluding diaryl/α,β-unsaturated/α-hetero) is 1. The Hall–Kier alpha value is -0.630. The number of aliphatic hydroxyl groups is 1. The summed E-state index contributed by atoms with van der Waals surface area (Å²) >= 11 is 0. The molecule has 23 heavy (non-hydrogen) atoms. The molecule has 0 saturated carbocycles. The monoisotopic (exact) mass is 324 g/mol. The summed E-state index contributed by atoms with van der Waals surface area (Å²) in [6, 6.07) is 0. The van der Waals surface area contributed by atoms with Gasteiger partial charge in [0.05, 0.1) is 0 Å². The second-order valence-corrected chi connectivity index (χ2v) is 6.85. The summed E-state index contributed by atoms with van der Waals surface area (Å²) in [5.41, 5.74) is 0. The van der Waals surface area contributed by atoms with Crippen molar-refractivity contribution in [2.24, 2.45) is 0 Å². The Morgan fingerprint density at radius 2 is 1.22 bits per heavy atom. The predicted molar refractivity (Wildman–Crippen MR) is 101 cm³/mol. The average Bonchev–Trinajstić information content (AvgIpc) is 2.54. The summed E-state index contributed by atoms with van der Waals surface area (Å²) < 4.78 is 0. The number of allylic oxidation sites excluding steroid dienone is 2. The fraction of sp³-hybridized carbons (Fsp3) is 0.857. The first kappa shape index (κ1) is 22.4. The molecule has 0 saturated heterocycles. The van der Waals surface area contributed by atoms with Gasteiger partial charge in [0.15, 0.2) is 5.78 Å². The molecule has 0 bridgehead atoms. The minimum Gasteiger partial charge on any atom is -0.385 e. The molecule has 0 aromatic heterocycles. The van der Waals surface area contributed by atoms with Crippen molar-refractivity contribution < 1.29 is 9.90 Å². The smallest absolute Gasteiger partial charge is 0.158 e. The van der Waals surface area contributed by atoms with E-state index in [4.69, 9.17) is 0 Å². The van der Waals surface area contributed by atoms with Gasteiger partial charge in [-0.3, -0.25) is 4.79 Å². The molecule has 0 amide bonds. The van der Waals surface area contributed by atoms with Gasteiger partial charge in [-0.15, -0.1) is 0 Å². The van der Waals surface area contributed by atoms with Crippen molar-refractivity contribution in [1.29, 1.82) is 0 Å². The molecule has 1 atom stereocenters. The van der Waals surface area contributed by atoms with Crippen LogP contribution in [0.3, 0.4) is 0 Å². The predicted octanol–water partition coefficient (Wildman–Crippen LogP) is 6.36. The molecular formula is C21H40O2. The highest BCUT2D eigenvalue weighted by Gasteiger charge is 2.07. The van der Waals surface area contributed by atoms with Crippen LogP contribution in [-0.2, 0) is 4.79 Å². The zero-order chi connectivity index (χ0) is 17.2. The maximum atomic E-state index is 10.9. The molecule has 1 unspecified atom stereocenters. The van der Waals surface area contributed by atoms with Crippen LogP contribution in [0, 0.1) is 0 Å². The van der Waals surface area contributed by atoms with E-state index >= 15 is 0 Å². The van der Waals surface area contributed by atoms with Crippen LogP contribution in [0.25, 0.3) is 0 Å². The number of ketones is 1. The molecule has 0 aliphatic carbocycles. The highest BCUT2D eigenvalue weighted by molar-refractivity contribution is 5.79. The maximum Gasteiger partial charge on any atom is 0.158 e. The van der Waals surface area contributed by atoms with Crippen LogP contribution in [0.1, 0.15) is 110 Å². The Kier molecular flexibility index (Phi) is 17.2. The van der Waals surface area contributed by atoms with Crippen LogP contribution in [0.2, 0.25) is 0 Å². The fourth-order valence-electron chi connectivity index (χ4n) is 2.79. The second kappa shape index (κ2) is 17.7. The van der Waals surface area contributed by atoms with Gasteiger partial charge in [0.2, 0.25) is 0 Å². The Morgan fingerprint density at radius 1 is 0.783 bits per heavy atom. The van der Waals surface area contributed by atoms with Gasteiger partial charge in [0.1, 0.15) is 6.10 Å². The lowest BCUT2D eigenvalue weighted by Gasteiger charge is -2.05. The largest absolute Gasteiger partial charge is 0.385 e. The highest BCUT2D eigenvalue weighted by atomic mass is 16.3. The van der Waals surface area contributed by atoms with E-state index < -0.39 is 6.10 Å². The van der Waals surface area contributed by atoms with Gasteiger partial charge >= 0.3 is 0 Å². The lowest BCUT2D eigenvalue weighted by atomic mass is 10.0. The molecule has 0 heterocycles. The fourth-order valence-corrected chi connectivity index (χ4v) is 2.79. The Morgan fingerprint density at radius 3 is 1.70 bits per heavy atom. The van der Waals surface area contributed by atoms with Gasteiger partial charge in [-0.25, -0.2) is 0 Å². The molecule has 0 rings (SSSR count). The molecule has 0 aromatic rings. The lowest BCUT2D eigenvalue weighted by Crippen LogP contribution is -2.16. The number of carbonyl (C=O) groups excluding carboxylic acids is 1. The number of unbranched alkanes of at least 4 members (excludes halogenated alkanes) is 12. The SMILES string of the molecule is CCCCCCCC/C=C\CCCCCCCCC(O)C(C)=O. The van der Waals surface area contributed by atoms with E-state index in [1.54, 1.807) is 0 Å². The van der Waals surface area contributed by atoms with Crippen molar-refractivity contribution in [1.82, 2.24) is 0 Å². The molecule has 0 fully saturated rings. The number of rotatable bonds is 17. The summed E-state index contributed by atoms with van der Waals surface area (Å²) in [6.45, 7) is 3.73. The molecule has 0 aliphatic heterocycles. The quantitative estimate of drug-likeness (QED) is 0.249. The summed E-state index contributed by atoms with van der Waals surface area (Å²) in [6.07, 6.45) is 22.6. The first-order chi connectivity index (χ1) is 11.2. The van der Waals surface area contributed by atoms with Crippen molar-refractivity contribution in [3.05, 3.63) is 12.2 Å². The normalized spacial score (nSPS) is 12.8. The summed E-state index contributed by atoms with van der Waals surface area (Å²) in [4.78, 5) is 10.9. The standard InChI is InChI=1S/C21H40O2/c1-3-4-5-6-7-8-9-10-11-12-13-14-15-16-17-18-19-21(23)20(2)22/h10-11,21,23H,3-9,12-19H2,1-2H3/b11-10-. The molecule has 136 valence electrons. The van der Waals surface area contributed by atoms with Gasteiger partial charge in [-0.05, 0) is 39.0 Å². The number of aliphatic hydroxyl groups excluding tert-OH is 1. The van der Waals surface area contributed by atoms with Crippen molar-refractivity contribution in [3.63, 3.8) is 0 Å². The Balaban J connectivity index is 3.15. The number of hydrogen-bond donors (Lipinski definition) is 1. The molecule has 1 N–H and O–H groups in total. The first-order valence-electron chi connectivity index (χ1n) is 10.0. The van der Waals surface area contributed by atoms with Crippen LogP contribution >= 0.6 is 0 Å². The van der Waals surface area contributed by atoms with Gasteiger partial charge in [0.25, 0.3) is 0 Å². The zero-order valence-corrected chi connectivity index (χ0v) is 15.7. The highest BCUT2D eigenvalue weighted by Crippen LogP contribution is 2.11. The van der Waals surface area contributed by atoms with Gasteiger partial charge in [-0.1, -0.05) is 83.3 Å². The van der Waals surface area contributed by atoms with E-state index in [0.29, 0.717) is 6.42 Å². The summed E-state index contributed by atoms with van der Waals surface area (Å²) in [7, 11) is 0. The van der Waals surface area contributed by atoms with Gasteiger partial charge < -0.3 is 5.11 Å². The van der Waals surface area contributed by atoms with E-state index in [-0.39, 0.29) is 5.78 Å². The third kappa shape index (κ3) is 17.6. The van der Waals surface area contributed by atoms with Crippen molar-refractivity contribution in [3.8, 4) is 0 Å². The third-order valence-corrected chi connectivity index (χ3v) is 4.46. The molecular weight excluding hydrogens is 284 g/mol. The van der Waals surface area contributed by atoms with E-state index in [9.17, 15) is 9.90 Å². The van der Waals surface area contributed by atoms with Crippen LogP contribution < -0.4 is 0 Å². The van der Waals surface area contributed by atoms with Crippen LogP contribution in [-0.4, -0.2) is 17.0 Å². The van der Waals surface area contributed by atoms with Crippen molar-refractivity contribution in [2.45, 2.75) is 116 Å². The topological polar surface area (TPSA) is 37.3 Å². The maximum absolute atomic E-state index is 10.9. The number of carbonyl (C=O) groups is 1. The van der Waals surface area contributed by atoms with E-state index in [0.717, 1.165) is 12.8 Å². The van der Waals surface area contributed by atoms with E-state index in [2.05, 4.69) is 19.1 Å². The zero-order valence-electron chi connectivity index (χ0n) is 15.7.